The Morgan fingerprint density at radius 1 is 1.61 bits per heavy atom. The monoisotopic (exact) mass is 248 g/mol. The van der Waals surface area contributed by atoms with Crippen LogP contribution in [0.1, 0.15) is 30.8 Å². The van der Waals surface area contributed by atoms with E-state index in [0.717, 1.165) is 11.4 Å². The van der Waals surface area contributed by atoms with Gasteiger partial charge in [-0.2, -0.15) is 10.2 Å². The number of aromatic nitrogens is 5. The molecule has 0 fully saturated rings. The van der Waals surface area contributed by atoms with Crippen LogP contribution in [0.25, 0.3) is 0 Å². The van der Waals surface area contributed by atoms with Crippen LogP contribution in [0.3, 0.4) is 0 Å². The van der Waals surface area contributed by atoms with E-state index in [1.54, 1.807) is 24.1 Å². The fourth-order valence-corrected chi connectivity index (χ4v) is 1.75. The number of hydrogen-bond acceptors (Lipinski definition) is 4. The van der Waals surface area contributed by atoms with Crippen molar-refractivity contribution < 1.29 is 4.79 Å². The van der Waals surface area contributed by atoms with Gasteiger partial charge in [0.05, 0.1) is 12.2 Å². The molecule has 0 radical (unpaired) electrons. The van der Waals surface area contributed by atoms with Gasteiger partial charge in [-0.1, -0.05) is 0 Å². The van der Waals surface area contributed by atoms with Crippen molar-refractivity contribution in [3.63, 3.8) is 0 Å². The van der Waals surface area contributed by atoms with Crippen LogP contribution >= 0.6 is 0 Å². The molecule has 1 atom stereocenters. The summed E-state index contributed by atoms with van der Waals surface area (Å²) in [5.41, 5.74) is 1.02. The minimum atomic E-state index is -0.144. The van der Waals surface area contributed by atoms with Crippen LogP contribution in [0.5, 0.6) is 0 Å². The molecular formula is C11H16N6O. The van der Waals surface area contributed by atoms with E-state index in [1.807, 2.05) is 6.92 Å². The van der Waals surface area contributed by atoms with Crippen LogP contribution < -0.4 is 5.32 Å². The summed E-state index contributed by atoms with van der Waals surface area (Å²) in [4.78, 5) is 15.9. The van der Waals surface area contributed by atoms with Crippen LogP contribution in [-0.4, -0.2) is 30.9 Å². The van der Waals surface area contributed by atoms with Crippen molar-refractivity contribution in [2.24, 2.45) is 7.05 Å². The van der Waals surface area contributed by atoms with Gasteiger partial charge < -0.3 is 5.32 Å². The highest BCUT2D eigenvalue weighted by Crippen LogP contribution is 2.07. The Morgan fingerprint density at radius 3 is 3.06 bits per heavy atom. The maximum atomic E-state index is 11.8. The molecule has 7 heteroatoms. The average molecular weight is 248 g/mol. The largest absolute Gasteiger partial charge is 0.346 e. The first-order chi connectivity index (χ1) is 8.66. The Hall–Kier alpha value is -2.18. The quantitative estimate of drug-likeness (QED) is 0.799. The molecule has 0 spiro atoms. The highest BCUT2D eigenvalue weighted by molar-refractivity contribution is 5.76. The van der Waals surface area contributed by atoms with E-state index in [4.69, 9.17) is 0 Å². The Labute approximate surface area is 105 Å². The smallest absolute Gasteiger partial charge is 0.220 e. The second-order valence-corrected chi connectivity index (χ2v) is 4.14. The molecular weight excluding hydrogens is 232 g/mol. The van der Waals surface area contributed by atoms with E-state index in [0.29, 0.717) is 12.8 Å². The third-order valence-electron chi connectivity index (χ3n) is 2.71. The van der Waals surface area contributed by atoms with E-state index >= 15 is 0 Å². The number of nitrogens with zero attached hydrogens (tertiary/aromatic N) is 4. The maximum Gasteiger partial charge on any atom is 0.220 e. The lowest BCUT2D eigenvalue weighted by atomic mass is 10.2. The summed E-state index contributed by atoms with van der Waals surface area (Å²) < 4.78 is 1.65. The zero-order valence-electron chi connectivity index (χ0n) is 10.4. The predicted octanol–water partition coefficient (Wildman–Crippen LogP) is 0.348. The Bertz CT molecular complexity index is 503. The first-order valence-electron chi connectivity index (χ1n) is 5.77. The topological polar surface area (TPSA) is 88.5 Å². The van der Waals surface area contributed by atoms with Crippen LogP contribution in [0.4, 0.5) is 0 Å². The predicted molar refractivity (Wildman–Crippen MR) is 64.5 cm³/mol. The van der Waals surface area contributed by atoms with Crippen molar-refractivity contribution in [1.82, 2.24) is 30.3 Å². The number of aromatic amines is 1. The van der Waals surface area contributed by atoms with Gasteiger partial charge in [-0.05, 0) is 18.9 Å². The van der Waals surface area contributed by atoms with Crippen LogP contribution in [0.15, 0.2) is 18.7 Å². The third kappa shape index (κ3) is 2.93. The molecule has 0 saturated carbocycles. The van der Waals surface area contributed by atoms with Crippen LogP contribution in [0, 0.1) is 0 Å². The van der Waals surface area contributed by atoms with Gasteiger partial charge in [0.15, 0.2) is 0 Å². The lowest BCUT2D eigenvalue weighted by Gasteiger charge is -2.12. The summed E-state index contributed by atoms with van der Waals surface area (Å²) in [5, 5.41) is 13.4. The highest BCUT2D eigenvalue weighted by atomic mass is 16.1. The molecule has 0 aliphatic carbocycles. The van der Waals surface area contributed by atoms with E-state index in [-0.39, 0.29) is 11.9 Å². The molecule has 0 unspecified atom stereocenters. The minimum Gasteiger partial charge on any atom is -0.346 e. The first kappa shape index (κ1) is 12.3. The van der Waals surface area contributed by atoms with Crippen molar-refractivity contribution in [2.75, 3.05) is 0 Å². The zero-order valence-corrected chi connectivity index (χ0v) is 10.4. The van der Waals surface area contributed by atoms with Gasteiger partial charge in [0.25, 0.3) is 0 Å². The number of amides is 1. The number of carbonyl (C=O) groups is 1. The summed E-state index contributed by atoms with van der Waals surface area (Å²) in [6.45, 7) is 1.89. The fraction of sp³-hybridized carbons (Fsp3) is 0.455. The number of H-pyrrole nitrogens is 1. The average Bonchev–Trinajstić information content (AvgIpc) is 2.97. The summed E-state index contributed by atoms with van der Waals surface area (Å²) in [6, 6.07) is -0.144. The molecule has 0 aromatic carbocycles. The summed E-state index contributed by atoms with van der Waals surface area (Å²) in [7, 11) is 1.80. The number of aryl methyl sites for hydroxylation is 2. The molecule has 0 aliphatic heterocycles. The van der Waals surface area contributed by atoms with Crippen molar-refractivity contribution in [1.29, 1.82) is 0 Å². The molecule has 96 valence electrons. The lowest BCUT2D eigenvalue weighted by Crippen LogP contribution is -2.28. The highest BCUT2D eigenvalue weighted by Gasteiger charge is 2.13. The van der Waals surface area contributed by atoms with Gasteiger partial charge in [-0.25, -0.2) is 4.98 Å². The van der Waals surface area contributed by atoms with Gasteiger partial charge in [0, 0.05) is 19.7 Å². The van der Waals surface area contributed by atoms with E-state index in [9.17, 15) is 4.79 Å². The summed E-state index contributed by atoms with van der Waals surface area (Å²) in [6.07, 6.45) is 6.10. The Kier molecular flexibility index (Phi) is 3.71. The van der Waals surface area contributed by atoms with Gasteiger partial charge in [0.1, 0.15) is 12.2 Å². The molecule has 2 heterocycles. The number of rotatable bonds is 5. The minimum absolute atomic E-state index is 0.00769. The number of nitrogens with one attached hydrogen (secondary N) is 2. The third-order valence-corrected chi connectivity index (χ3v) is 2.71. The molecule has 2 rings (SSSR count). The summed E-state index contributed by atoms with van der Waals surface area (Å²) in [5.74, 6) is 0.735. The van der Waals surface area contributed by atoms with Gasteiger partial charge in [0.2, 0.25) is 5.91 Å². The molecule has 2 aromatic rings. The van der Waals surface area contributed by atoms with Crippen LogP contribution in [0.2, 0.25) is 0 Å². The van der Waals surface area contributed by atoms with E-state index < -0.39 is 0 Å². The van der Waals surface area contributed by atoms with Crippen molar-refractivity contribution >= 4 is 5.91 Å². The van der Waals surface area contributed by atoms with Gasteiger partial charge >= 0.3 is 0 Å². The van der Waals surface area contributed by atoms with Crippen molar-refractivity contribution in [2.45, 2.75) is 25.8 Å². The standard InChI is InChI=1S/C11H16N6O/c1-8(11-12-7-15-17(11)2)16-10(18)4-3-9-5-13-14-6-9/h5-8H,3-4H2,1-2H3,(H,13,14)(H,16,18)/t8-/m0/s1. The van der Waals surface area contributed by atoms with Crippen LogP contribution in [-0.2, 0) is 18.3 Å². The molecule has 7 nitrogen and oxygen atoms in total. The maximum absolute atomic E-state index is 11.8. The van der Waals surface area contributed by atoms with Crippen molar-refractivity contribution in [3.05, 3.63) is 30.1 Å². The van der Waals surface area contributed by atoms with Gasteiger partial charge in [-0.15, -0.1) is 0 Å². The molecule has 2 aromatic heterocycles. The molecule has 0 bridgehead atoms. The van der Waals surface area contributed by atoms with E-state index in [2.05, 4.69) is 25.6 Å². The molecule has 18 heavy (non-hydrogen) atoms. The SMILES string of the molecule is C[C@H](NC(=O)CCc1cn[nH]c1)c1ncnn1C. The lowest BCUT2D eigenvalue weighted by molar-refractivity contribution is -0.121. The zero-order chi connectivity index (χ0) is 13.0. The Morgan fingerprint density at radius 2 is 2.44 bits per heavy atom. The van der Waals surface area contributed by atoms with Crippen molar-refractivity contribution in [3.8, 4) is 0 Å². The second kappa shape index (κ2) is 5.44. The van der Waals surface area contributed by atoms with E-state index in [1.165, 1.54) is 6.33 Å². The number of hydrogen-bond donors (Lipinski definition) is 2. The van der Waals surface area contributed by atoms with Gasteiger partial charge in [-0.3, -0.25) is 14.6 Å². The Balaban J connectivity index is 1.82. The molecule has 2 N–H and O–H groups in total. The normalized spacial score (nSPS) is 12.3. The fourth-order valence-electron chi connectivity index (χ4n) is 1.75. The summed E-state index contributed by atoms with van der Waals surface area (Å²) >= 11 is 0. The number of carbonyl (C=O) groups excluding carboxylic acids is 1. The molecule has 0 saturated heterocycles. The first-order valence-corrected chi connectivity index (χ1v) is 5.77. The second-order valence-electron chi connectivity index (χ2n) is 4.14. The molecule has 1 amide bonds. The molecule has 0 aliphatic rings.